The van der Waals surface area contributed by atoms with Crippen LogP contribution in [0, 0.1) is 0 Å². The van der Waals surface area contributed by atoms with Crippen LogP contribution < -0.4 is 10.5 Å². The highest BCUT2D eigenvalue weighted by molar-refractivity contribution is 6.30. The summed E-state index contributed by atoms with van der Waals surface area (Å²) in [4.78, 5) is 19.4. The third-order valence-corrected chi connectivity index (χ3v) is 5.50. The first-order chi connectivity index (χ1) is 13.5. The average Bonchev–Trinajstić information content (AvgIpc) is 2.93. The van der Waals surface area contributed by atoms with Crippen molar-refractivity contribution in [1.82, 2.24) is 4.90 Å². The standard InChI is InChI=1S/C22H16ClN3O2/c1-26-20(27)22(25-21(26)24)16-7-2-3-8-18(16)28-19-10-9-14(12-17(19)22)13-5-4-6-15(23)11-13/h2-12H,1H3,(H2,24,25). The number of rotatable bonds is 1. The van der Waals surface area contributed by atoms with E-state index in [1.165, 1.54) is 4.90 Å². The van der Waals surface area contributed by atoms with Gasteiger partial charge in [0.05, 0.1) is 0 Å². The molecule has 2 N–H and O–H groups in total. The molecule has 2 aliphatic heterocycles. The van der Waals surface area contributed by atoms with Crippen molar-refractivity contribution in [2.45, 2.75) is 5.54 Å². The summed E-state index contributed by atoms with van der Waals surface area (Å²) in [6.07, 6.45) is 0. The smallest absolute Gasteiger partial charge is 0.266 e. The second-order valence-electron chi connectivity index (χ2n) is 6.86. The number of ether oxygens (including phenoxy) is 1. The molecule has 2 heterocycles. The van der Waals surface area contributed by atoms with Crippen LogP contribution >= 0.6 is 11.6 Å². The Kier molecular flexibility index (Phi) is 3.51. The van der Waals surface area contributed by atoms with Gasteiger partial charge in [0.25, 0.3) is 5.91 Å². The highest BCUT2D eigenvalue weighted by atomic mass is 35.5. The molecule has 0 saturated carbocycles. The van der Waals surface area contributed by atoms with Crippen LogP contribution in [0.1, 0.15) is 11.1 Å². The highest BCUT2D eigenvalue weighted by Gasteiger charge is 2.54. The molecule has 0 bridgehead atoms. The molecule has 1 spiro atoms. The van der Waals surface area contributed by atoms with E-state index in [1.807, 2.05) is 66.7 Å². The van der Waals surface area contributed by atoms with Crippen molar-refractivity contribution in [3.05, 3.63) is 82.9 Å². The Morgan fingerprint density at radius 3 is 2.46 bits per heavy atom. The third-order valence-electron chi connectivity index (χ3n) is 5.26. The lowest BCUT2D eigenvalue weighted by Crippen LogP contribution is -2.42. The number of guanidine groups is 1. The van der Waals surface area contributed by atoms with Gasteiger partial charge < -0.3 is 10.5 Å². The van der Waals surface area contributed by atoms with Crippen LogP contribution in [-0.4, -0.2) is 23.8 Å². The van der Waals surface area contributed by atoms with Crippen molar-refractivity contribution in [3.63, 3.8) is 0 Å². The number of benzene rings is 3. The van der Waals surface area contributed by atoms with E-state index in [9.17, 15) is 4.79 Å². The molecule has 5 nitrogen and oxygen atoms in total. The summed E-state index contributed by atoms with van der Waals surface area (Å²) >= 11 is 6.16. The van der Waals surface area contributed by atoms with E-state index in [-0.39, 0.29) is 11.9 Å². The van der Waals surface area contributed by atoms with Crippen LogP contribution in [-0.2, 0) is 10.3 Å². The molecule has 0 saturated heterocycles. The molecule has 28 heavy (non-hydrogen) atoms. The molecule has 1 atom stereocenters. The van der Waals surface area contributed by atoms with E-state index < -0.39 is 5.54 Å². The summed E-state index contributed by atoms with van der Waals surface area (Å²) < 4.78 is 6.09. The van der Waals surface area contributed by atoms with Crippen LogP contribution in [0.5, 0.6) is 11.5 Å². The minimum Gasteiger partial charge on any atom is -0.457 e. The molecule has 0 aromatic heterocycles. The summed E-state index contributed by atoms with van der Waals surface area (Å²) in [6, 6.07) is 20.7. The van der Waals surface area contributed by atoms with E-state index in [0.717, 1.165) is 11.1 Å². The number of hydrogen-bond acceptors (Lipinski definition) is 4. The maximum Gasteiger partial charge on any atom is 0.266 e. The number of halogens is 1. The van der Waals surface area contributed by atoms with E-state index >= 15 is 0 Å². The minimum atomic E-state index is -1.25. The number of nitrogens with zero attached hydrogens (tertiary/aromatic N) is 2. The molecule has 138 valence electrons. The number of carbonyl (C=O) groups is 1. The van der Waals surface area contributed by atoms with E-state index in [2.05, 4.69) is 4.99 Å². The van der Waals surface area contributed by atoms with Gasteiger partial charge in [-0.05, 0) is 41.5 Å². The SMILES string of the molecule is CN1C(=O)C2(N=C1N)c1ccccc1Oc1ccc(-c3cccc(Cl)c3)cc12. The van der Waals surface area contributed by atoms with Gasteiger partial charge >= 0.3 is 0 Å². The van der Waals surface area contributed by atoms with Crippen LogP contribution in [0.3, 0.4) is 0 Å². The number of aliphatic imine (C=N–C) groups is 1. The summed E-state index contributed by atoms with van der Waals surface area (Å²) in [7, 11) is 1.63. The molecule has 1 unspecified atom stereocenters. The average molecular weight is 390 g/mol. The maximum atomic E-state index is 13.4. The van der Waals surface area contributed by atoms with Crippen molar-refractivity contribution in [2.24, 2.45) is 10.7 Å². The molecule has 6 heteroatoms. The Morgan fingerprint density at radius 2 is 1.71 bits per heavy atom. The van der Waals surface area contributed by atoms with Gasteiger partial charge in [-0.25, -0.2) is 4.99 Å². The zero-order chi connectivity index (χ0) is 19.5. The fourth-order valence-electron chi connectivity index (χ4n) is 3.86. The molecule has 2 aliphatic rings. The number of amides is 1. The molecular weight excluding hydrogens is 374 g/mol. The van der Waals surface area contributed by atoms with Gasteiger partial charge in [-0.15, -0.1) is 0 Å². The second-order valence-corrected chi connectivity index (χ2v) is 7.30. The molecule has 3 aromatic carbocycles. The Labute approximate surface area is 167 Å². The lowest BCUT2D eigenvalue weighted by Gasteiger charge is -2.33. The Morgan fingerprint density at radius 1 is 0.964 bits per heavy atom. The Balaban J connectivity index is 1.79. The monoisotopic (exact) mass is 389 g/mol. The third kappa shape index (κ3) is 2.20. The first-order valence-electron chi connectivity index (χ1n) is 8.82. The summed E-state index contributed by atoms with van der Waals surface area (Å²) in [5, 5.41) is 0.644. The van der Waals surface area contributed by atoms with Crippen molar-refractivity contribution < 1.29 is 9.53 Å². The van der Waals surface area contributed by atoms with Crippen LogP contribution in [0.4, 0.5) is 0 Å². The zero-order valence-electron chi connectivity index (χ0n) is 15.0. The predicted octanol–water partition coefficient (Wildman–Crippen LogP) is 4.14. The predicted molar refractivity (Wildman–Crippen MR) is 109 cm³/mol. The number of carbonyl (C=O) groups excluding carboxylic acids is 1. The minimum absolute atomic E-state index is 0.181. The molecular formula is C22H16ClN3O2. The molecule has 0 radical (unpaired) electrons. The van der Waals surface area contributed by atoms with Gasteiger partial charge in [-0.3, -0.25) is 9.69 Å². The first-order valence-corrected chi connectivity index (χ1v) is 9.20. The van der Waals surface area contributed by atoms with Crippen molar-refractivity contribution in [3.8, 4) is 22.6 Å². The van der Waals surface area contributed by atoms with Gasteiger partial charge in [-0.1, -0.05) is 48.0 Å². The van der Waals surface area contributed by atoms with Crippen molar-refractivity contribution >= 4 is 23.5 Å². The summed E-state index contributed by atoms with van der Waals surface area (Å²) in [5.74, 6) is 1.17. The number of para-hydroxylation sites is 1. The lowest BCUT2D eigenvalue weighted by molar-refractivity contribution is -0.129. The van der Waals surface area contributed by atoms with Crippen LogP contribution in [0.25, 0.3) is 11.1 Å². The first kappa shape index (κ1) is 16.8. The van der Waals surface area contributed by atoms with E-state index in [1.54, 1.807) is 7.05 Å². The number of nitrogens with two attached hydrogens (primary N) is 1. The largest absolute Gasteiger partial charge is 0.457 e. The van der Waals surface area contributed by atoms with Gasteiger partial charge in [0.2, 0.25) is 5.54 Å². The van der Waals surface area contributed by atoms with Crippen molar-refractivity contribution in [1.29, 1.82) is 0 Å². The van der Waals surface area contributed by atoms with E-state index in [4.69, 9.17) is 22.1 Å². The fourth-order valence-corrected chi connectivity index (χ4v) is 4.05. The Bertz CT molecular complexity index is 1170. The number of fused-ring (bicyclic) bond motifs is 4. The van der Waals surface area contributed by atoms with Gasteiger partial charge in [-0.2, -0.15) is 0 Å². The molecule has 1 amide bonds. The van der Waals surface area contributed by atoms with Gasteiger partial charge in [0, 0.05) is 23.2 Å². The Hall–Kier alpha value is -3.31. The van der Waals surface area contributed by atoms with Crippen LogP contribution in [0.2, 0.25) is 5.02 Å². The molecule has 0 aliphatic carbocycles. The summed E-state index contributed by atoms with van der Waals surface area (Å²) in [5.41, 5.74) is 8.01. The van der Waals surface area contributed by atoms with Crippen molar-refractivity contribution in [2.75, 3.05) is 7.05 Å². The fraction of sp³-hybridized carbons (Fsp3) is 0.0909. The van der Waals surface area contributed by atoms with Crippen LogP contribution in [0.15, 0.2) is 71.7 Å². The molecule has 5 rings (SSSR count). The topological polar surface area (TPSA) is 67.9 Å². The second kappa shape index (κ2) is 5.84. The quantitative estimate of drug-likeness (QED) is 0.680. The lowest BCUT2D eigenvalue weighted by atomic mass is 9.79. The molecule has 0 fully saturated rings. The highest BCUT2D eigenvalue weighted by Crippen LogP contribution is 2.52. The van der Waals surface area contributed by atoms with Gasteiger partial charge in [0.15, 0.2) is 5.96 Å². The normalized spacial score (nSPS) is 19.9. The number of likely N-dealkylation sites (N-methyl/N-ethyl adjacent to an activating group) is 1. The van der Waals surface area contributed by atoms with Gasteiger partial charge in [0.1, 0.15) is 11.5 Å². The molecule has 3 aromatic rings. The van der Waals surface area contributed by atoms with E-state index in [0.29, 0.717) is 27.6 Å². The zero-order valence-corrected chi connectivity index (χ0v) is 15.8. The summed E-state index contributed by atoms with van der Waals surface area (Å²) in [6.45, 7) is 0. The number of hydrogen-bond donors (Lipinski definition) is 1. The maximum absolute atomic E-state index is 13.4.